The molecule has 1 fully saturated rings. The minimum Gasteiger partial charge on any atom is -0.326 e. The highest BCUT2D eigenvalue weighted by molar-refractivity contribution is 5.90. The Bertz CT molecular complexity index is 729. The minimum absolute atomic E-state index is 0.0221. The number of likely N-dealkylation sites (tertiary alicyclic amines) is 1. The fraction of sp³-hybridized carbons (Fsp3) is 0.524. The van der Waals surface area contributed by atoms with E-state index in [4.69, 9.17) is 0 Å². The largest absolute Gasteiger partial charge is 0.326 e. The normalized spacial score (nSPS) is 16.4. The summed E-state index contributed by atoms with van der Waals surface area (Å²) in [6, 6.07) is 10.3. The van der Waals surface area contributed by atoms with Gasteiger partial charge in [0.15, 0.2) is 0 Å². The van der Waals surface area contributed by atoms with Crippen LogP contribution in [0.5, 0.6) is 0 Å². The molecule has 26 heavy (non-hydrogen) atoms. The van der Waals surface area contributed by atoms with E-state index in [0.717, 1.165) is 23.6 Å². The third-order valence-corrected chi connectivity index (χ3v) is 5.04. The smallest absolute Gasteiger partial charge is 0.226 e. The molecular weight excluding hydrogens is 324 g/mol. The van der Waals surface area contributed by atoms with E-state index in [-0.39, 0.29) is 11.9 Å². The Kier molecular flexibility index (Phi) is 6.09. The van der Waals surface area contributed by atoms with Crippen molar-refractivity contribution in [1.82, 2.24) is 14.7 Å². The van der Waals surface area contributed by atoms with Gasteiger partial charge in [0.1, 0.15) is 0 Å². The lowest BCUT2D eigenvalue weighted by Crippen LogP contribution is -2.29. The van der Waals surface area contributed by atoms with Gasteiger partial charge in [-0.3, -0.25) is 14.4 Å². The summed E-state index contributed by atoms with van der Waals surface area (Å²) in [5.41, 5.74) is 4.24. The van der Waals surface area contributed by atoms with Gasteiger partial charge in [-0.25, -0.2) is 0 Å². The van der Waals surface area contributed by atoms with Crippen molar-refractivity contribution in [1.29, 1.82) is 0 Å². The van der Waals surface area contributed by atoms with E-state index in [1.54, 1.807) is 0 Å². The van der Waals surface area contributed by atoms with E-state index in [2.05, 4.69) is 27.4 Å². The molecular formula is C21H30N4O. The molecule has 1 aromatic carbocycles. The number of carbonyl (C=O) groups excluding carboxylic acids is 1. The Morgan fingerprint density at radius 1 is 1.15 bits per heavy atom. The van der Waals surface area contributed by atoms with E-state index in [1.165, 1.54) is 37.9 Å². The summed E-state index contributed by atoms with van der Waals surface area (Å²) in [4.78, 5) is 14.9. The fourth-order valence-electron chi connectivity index (χ4n) is 3.73. The molecule has 1 saturated heterocycles. The molecule has 0 spiro atoms. The average molecular weight is 354 g/mol. The van der Waals surface area contributed by atoms with Gasteiger partial charge >= 0.3 is 0 Å². The van der Waals surface area contributed by atoms with Crippen molar-refractivity contribution in [3.05, 3.63) is 47.3 Å². The predicted octanol–water partition coefficient (Wildman–Crippen LogP) is 4.08. The monoisotopic (exact) mass is 354 g/mol. The van der Waals surface area contributed by atoms with Gasteiger partial charge in [0.05, 0.1) is 11.7 Å². The summed E-state index contributed by atoms with van der Waals surface area (Å²) < 4.78 is 1.93. The van der Waals surface area contributed by atoms with Crippen molar-refractivity contribution in [2.24, 2.45) is 0 Å². The third-order valence-electron chi connectivity index (χ3n) is 5.04. The number of amides is 1. The van der Waals surface area contributed by atoms with Crippen LogP contribution in [0.15, 0.2) is 30.3 Å². The van der Waals surface area contributed by atoms with Crippen LogP contribution in [0.25, 0.3) is 0 Å². The lowest BCUT2D eigenvalue weighted by atomic mass is 10.1. The SMILES string of the molecule is Cc1cc(C)n([C@H](C)CC(=O)Nc2ccc(CN3CCCCC3)cc2)n1. The third kappa shape index (κ3) is 4.94. The number of anilines is 1. The number of aryl methyl sites for hydroxylation is 2. The zero-order chi connectivity index (χ0) is 18.5. The standard InChI is InChI=1S/C21H30N4O/c1-16-13-17(2)25(23-16)18(3)14-21(26)22-20-9-7-19(8-10-20)15-24-11-5-4-6-12-24/h7-10,13,18H,4-6,11-12,14-15H2,1-3H3,(H,22,26)/t18-/m1/s1. The summed E-state index contributed by atoms with van der Waals surface area (Å²) in [7, 11) is 0. The molecule has 1 atom stereocenters. The van der Waals surface area contributed by atoms with Crippen molar-refractivity contribution in [3.8, 4) is 0 Å². The lowest BCUT2D eigenvalue weighted by molar-refractivity contribution is -0.116. The first kappa shape index (κ1) is 18.6. The number of nitrogens with one attached hydrogen (secondary N) is 1. The van der Waals surface area contributed by atoms with Gasteiger partial charge < -0.3 is 5.32 Å². The molecule has 3 rings (SSSR count). The maximum absolute atomic E-state index is 12.4. The van der Waals surface area contributed by atoms with Crippen LogP contribution in [0.3, 0.4) is 0 Å². The molecule has 2 aromatic rings. The van der Waals surface area contributed by atoms with Crippen LogP contribution in [-0.2, 0) is 11.3 Å². The van der Waals surface area contributed by atoms with Crippen LogP contribution in [0.4, 0.5) is 5.69 Å². The maximum atomic E-state index is 12.4. The summed E-state index contributed by atoms with van der Waals surface area (Å²) in [5.74, 6) is 0.0221. The quantitative estimate of drug-likeness (QED) is 0.850. The molecule has 0 unspecified atom stereocenters. The maximum Gasteiger partial charge on any atom is 0.226 e. The predicted molar refractivity (Wildman–Crippen MR) is 105 cm³/mol. The molecule has 0 bridgehead atoms. The van der Waals surface area contributed by atoms with E-state index in [9.17, 15) is 4.79 Å². The second-order valence-electron chi connectivity index (χ2n) is 7.51. The highest BCUT2D eigenvalue weighted by Crippen LogP contribution is 2.18. The molecule has 1 N–H and O–H groups in total. The molecule has 1 aromatic heterocycles. The molecule has 140 valence electrons. The second-order valence-corrected chi connectivity index (χ2v) is 7.51. The summed E-state index contributed by atoms with van der Waals surface area (Å²) in [5, 5.41) is 7.48. The number of carbonyl (C=O) groups is 1. The van der Waals surface area contributed by atoms with E-state index in [1.807, 2.05) is 43.7 Å². The molecule has 1 amide bonds. The second kappa shape index (κ2) is 8.49. The Labute approximate surface area is 156 Å². The Morgan fingerprint density at radius 3 is 2.46 bits per heavy atom. The van der Waals surface area contributed by atoms with Gasteiger partial charge in [-0.05, 0) is 70.5 Å². The van der Waals surface area contributed by atoms with Gasteiger partial charge in [-0.15, -0.1) is 0 Å². The first-order valence-corrected chi connectivity index (χ1v) is 9.65. The van der Waals surface area contributed by atoms with Gasteiger partial charge in [0.25, 0.3) is 0 Å². The molecule has 0 aliphatic carbocycles. The van der Waals surface area contributed by atoms with Gasteiger partial charge in [-0.1, -0.05) is 18.6 Å². The van der Waals surface area contributed by atoms with Gasteiger partial charge in [-0.2, -0.15) is 5.10 Å². The van der Waals surface area contributed by atoms with Crippen LogP contribution in [0, 0.1) is 13.8 Å². The lowest BCUT2D eigenvalue weighted by Gasteiger charge is -2.26. The van der Waals surface area contributed by atoms with Crippen molar-refractivity contribution in [2.45, 2.75) is 59.0 Å². The fourth-order valence-corrected chi connectivity index (χ4v) is 3.73. The number of hydrogen-bond donors (Lipinski definition) is 1. The van der Waals surface area contributed by atoms with E-state index in [0.29, 0.717) is 6.42 Å². The molecule has 5 nitrogen and oxygen atoms in total. The summed E-state index contributed by atoms with van der Waals surface area (Å²) in [6.45, 7) is 9.42. The van der Waals surface area contributed by atoms with Crippen LogP contribution in [-0.4, -0.2) is 33.7 Å². The summed E-state index contributed by atoms with van der Waals surface area (Å²) >= 11 is 0. The molecule has 0 radical (unpaired) electrons. The summed E-state index contributed by atoms with van der Waals surface area (Å²) in [6.07, 6.45) is 4.39. The highest BCUT2D eigenvalue weighted by Gasteiger charge is 2.14. The van der Waals surface area contributed by atoms with Crippen molar-refractivity contribution in [3.63, 3.8) is 0 Å². The Balaban J connectivity index is 1.51. The van der Waals surface area contributed by atoms with Crippen molar-refractivity contribution in [2.75, 3.05) is 18.4 Å². The zero-order valence-electron chi connectivity index (χ0n) is 16.2. The number of benzene rings is 1. The van der Waals surface area contributed by atoms with Crippen LogP contribution in [0.2, 0.25) is 0 Å². The average Bonchev–Trinajstić information content (AvgIpc) is 2.96. The topological polar surface area (TPSA) is 50.2 Å². The number of rotatable bonds is 6. The molecule has 5 heteroatoms. The van der Waals surface area contributed by atoms with Crippen LogP contribution >= 0.6 is 0 Å². The van der Waals surface area contributed by atoms with Crippen LogP contribution < -0.4 is 5.32 Å². The first-order valence-electron chi connectivity index (χ1n) is 9.65. The van der Waals surface area contributed by atoms with Gasteiger partial charge in [0.2, 0.25) is 5.91 Å². The van der Waals surface area contributed by atoms with Gasteiger partial charge in [0, 0.05) is 24.3 Å². The van der Waals surface area contributed by atoms with Crippen LogP contribution in [0.1, 0.15) is 55.6 Å². The van der Waals surface area contributed by atoms with Crippen molar-refractivity contribution < 1.29 is 4.79 Å². The van der Waals surface area contributed by atoms with E-state index < -0.39 is 0 Å². The molecule has 0 saturated carbocycles. The number of piperidine rings is 1. The minimum atomic E-state index is 0.0221. The number of nitrogens with zero attached hydrogens (tertiary/aromatic N) is 3. The Hall–Kier alpha value is -2.14. The van der Waals surface area contributed by atoms with E-state index >= 15 is 0 Å². The number of aromatic nitrogens is 2. The highest BCUT2D eigenvalue weighted by atomic mass is 16.1. The molecule has 1 aliphatic rings. The first-order chi connectivity index (χ1) is 12.5. The Morgan fingerprint density at radius 2 is 1.85 bits per heavy atom. The molecule has 1 aliphatic heterocycles. The zero-order valence-corrected chi connectivity index (χ0v) is 16.2. The molecule has 2 heterocycles. The number of hydrogen-bond acceptors (Lipinski definition) is 3. The van der Waals surface area contributed by atoms with Crippen molar-refractivity contribution >= 4 is 11.6 Å².